The average molecular weight is 317 g/mol. The van der Waals surface area contributed by atoms with Crippen molar-refractivity contribution in [3.8, 4) is 5.75 Å². The Morgan fingerprint density at radius 2 is 1.62 bits per heavy atom. The molecule has 0 saturated heterocycles. The van der Waals surface area contributed by atoms with E-state index in [-0.39, 0.29) is 0 Å². The van der Waals surface area contributed by atoms with E-state index >= 15 is 0 Å². The molecule has 1 heterocycles. The normalized spacial score (nSPS) is 12.6. The largest absolute Gasteiger partial charge is 0.493 e. The van der Waals surface area contributed by atoms with Crippen molar-refractivity contribution < 1.29 is 4.74 Å². The van der Waals surface area contributed by atoms with Crippen LogP contribution in [0.25, 0.3) is 22.9 Å². The van der Waals surface area contributed by atoms with Gasteiger partial charge in [-0.2, -0.15) is 0 Å². The second-order valence-corrected chi connectivity index (χ2v) is 6.21. The molecular weight excluding hydrogens is 294 g/mol. The van der Waals surface area contributed by atoms with Crippen molar-refractivity contribution in [3.05, 3.63) is 72.1 Å². The van der Waals surface area contributed by atoms with Gasteiger partial charge in [-0.05, 0) is 58.1 Å². The van der Waals surface area contributed by atoms with E-state index < -0.39 is 0 Å². The molecule has 2 aromatic carbocycles. The van der Waals surface area contributed by atoms with Crippen LogP contribution in [0.4, 0.5) is 0 Å². The van der Waals surface area contributed by atoms with E-state index in [1.165, 1.54) is 16.3 Å². The molecule has 0 bridgehead atoms. The van der Waals surface area contributed by atoms with Gasteiger partial charge in [0, 0.05) is 12.4 Å². The van der Waals surface area contributed by atoms with E-state index in [1.807, 2.05) is 12.1 Å². The SMILES string of the molecule is CC[C@H](C)COc1ccc2cc(/C=C/c3ccncc3)ccc2c1. The Hall–Kier alpha value is -2.61. The Labute approximate surface area is 143 Å². The molecule has 0 aliphatic rings. The third kappa shape index (κ3) is 4.23. The number of fused-ring (bicyclic) bond motifs is 1. The first-order valence-electron chi connectivity index (χ1n) is 8.49. The molecule has 0 fully saturated rings. The van der Waals surface area contributed by atoms with Crippen molar-refractivity contribution in [2.24, 2.45) is 5.92 Å². The molecule has 0 N–H and O–H groups in total. The lowest BCUT2D eigenvalue weighted by Gasteiger charge is -2.11. The van der Waals surface area contributed by atoms with Crippen molar-refractivity contribution in [1.82, 2.24) is 4.98 Å². The quantitative estimate of drug-likeness (QED) is 0.570. The predicted octanol–water partition coefficient (Wildman–Crippen LogP) is 5.83. The van der Waals surface area contributed by atoms with Gasteiger partial charge in [0.25, 0.3) is 0 Å². The van der Waals surface area contributed by atoms with Crippen LogP contribution in [0.15, 0.2) is 60.9 Å². The molecule has 0 aliphatic carbocycles. The number of benzene rings is 2. The number of rotatable bonds is 6. The number of pyridine rings is 1. The van der Waals surface area contributed by atoms with Crippen LogP contribution in [0.1, 0.15) is 31.4 Å². The summed E-state index contributed by atoms with van der Waals surface area (Å²) in [5, 5.41) is 2.43. The topological polar surface area (TPSA) is 22.1 Å². The highest BCUT2D eigenvalue weighted by Gasteiger charge is 2.02. The summed E-state index contributed by atoms with van der Waals surface area (Å²) in [5.74, 6) is 1.53. The maximum Gasteiger partial charge on any atom is 0.119 e. The van der Waals surface area contributed by atoms with Gasteiger partial charge in [0.1, 0.15) is 5.75 Å². The highest BCUT2D eigenvalue weighted by atomic mass is 16.5. The third-order valence-electron chi connectivity index (χ3n) is 4.24. The van der Waals surface area contributed by atoms with Crippen LogP contribution < -0.4 is 4.74 Å². The zero-order valence-corrected chi connectivity index (χ0v) is 14.3. The molecule has 2 heteroatoms. The third-order valence-corrected chi connectivity index (χ3v) is 4.24. The first kappa shape index (κ1) is 16.3. The van der Waals surface area contributed by atoms with Gasteiger partial charge in [-0.15, -0.1) is 0 Å². The van der Waals surface area contributed by atoms with E-state index in [9.17, 15) is 0 Å². The van der Waals surface area contributed by atoms with Crippen molar-refractivity contribution in [1.29, 1.82) is 0 Å². The van der Waals surface area contributed by atoms with E-state index in [1.54, 1.807) is 12.4 Å². The summed E-state index contributed by atoms with van der Waals surface area (Å²) >= 11 is 0. The zero-order chi connectivity index (χ0) is 16.8. The highest BCUT2D eigenvalue weighted by Crippen LogP contribution is 2.23. The zero-order valence-electron chi connectivity index (χ0n) is 14.3. The molecule has 1 aromatic heterocycles. The molecule has 0 amide bonds. The summed E-state index contributed by atoms with van der Waals surface area (Å²) in [4.78, 5) is 4.04. The van der Waals surface area contributed by atoms with Crippen LogP contribution >= 0.6 is 0 Å². The Balaban J connectivity index is 1.76. The lowest BCUT2D eigenvalue weighted by molar-refractivity contribution is 0.257. The van der Waals surface area contributed by atoms with Gasteiger partial charge in [0.2, 0.25) is 0 Å². The number of aromatic nitrogens is 1. The number of hydrogen-bond donors (Lipinski definition) is 0. The molecule has 0 saturated carbocycles. The summed E-state index contributed by atoms with van der Waals surface area (Å²) in [6, 6.07) is 16.8. The Morgan fingerprint density at radius 1 is 0.917 bits per heavy atom. The van der Waals surface area contributed by atoms with Crippen LogP contribution in [0.3, 0.4) is 0 Å². The maximum absolute atomic E-state index is 5.88. The van der Waals surface area contributed by atoms with Crippen LogP contribution in [0.5, 0.6) is 5.75 Å². The van der Waals surface area contributed by atoms with Crippen LogP contribution in [-0.2, 0) is 0 Å². The molecule has 0 aliphatic heterocycles. The van der Waals surface area contributed by atoms with E-state index in [4.69, 9.17) is 4.74 Å². The summed E-state index contributed by atoms with van der Waals surface area (Å²) in [7, 11) is 0. The fourth-order valence-electron chi connectivity index (χ4n) is 2.46. The maximum atomic E-state index is 5.88. The lowest BCUT2D eigenvalue weighted by atomic mass is 10.1. The Morgan fingerprint density at radius 3 is 2.42 bits per heavy atom. The fraction of sp³-hybridized carbons (Fsp3) is 0.227. The van der Waals surface area contributed by atoms with Crippen molar-refractivity contribution in [3.63, 3.8) is 0 Å². The number of ether oxygens (including phenoxy) is 1. The van der Waals surface area contributed by atoms with E-state index in [0.29, 0.717) is 5.92 Å². The van der Waals surface area contributed by atoms with E-state index in [0.717, 1.165) is 24.3 Å². The predicted molar refractivity (Wildman–Crippen MR) is 102 cm³/mol. The smallest absolute Gasteiger partial charge is 0.119 e. The molecular formula is C22H23NO. The number of hydrogen-bond acceptors (Lipinski definition) is 2. The molecule has 0 spiro atoms. The molecule has 3 rings (SSSR count). The molecule has 122 valence electrons. The first-order chi connectivity index (χ1) is 11.7. The second-order valence-electron chi connectivity index (χ2n) is 6.21. The van der Waals surface area contributed by atoms with Crippen molar-refractivity contribution in [2.75, 3.05) is 6.61 Å². The average Bonchev–Trinajstić information content (AvgIpc) is 2.65. The van der Waals surface area contributed by atoms with Gasteiger partial charge < -0.3 is 4.74 Å². The van der Waals surface area contributed by atoms with Crippen LogP contribution in [0.2, 0.25) is 0 Å². The minimum absolute atomic E-state index is 0.585. The van der Waals surface area contributed by atoms with Gasteiger partial charge in [-0.1, -0.05) is 50.6 Å². The monoisotopic (exact) mass is 317 g/mol. The molecule has 1 atom stereocenters. The second kappa shape index (κ2) is 7.78. The molecule has 3 aromatic rings. The van der Waals surface area contributed by atoms with Gasteiger partial charge in [-0.3, -0.25) is 4.98 Å². The van der Waals surface area contributed by atoms with Crippen molar-refractivity contribution >= 4 is 22.9 Å². The molecule has 0 unspecified atom stereocenters. The van der Waals surface area contributed by atoms with Gasteiger partial charge >= 0.3 is 0 Å². The number of nitrogens with zero attached hydrogens (tertiary/aromatic N) is 1. The Bertz CT molecular complexity index is 824. The summed E-state index contributed by atoms with van der Waals surface area (Å²) in [5.41, 5.74) is 2.34. The minimum atomic E-state index is 0.585. The lowest BCUT2D eigenvalue weighted by Crippen LogP contribution is -2.06. The van der Waals surface area contributed by atoms with Crippen molar-refractivity contribution in [2.45, 2.75) is 20.3 Å². The fourth-order valence-corrected chi connectivity index (χ4v) is 2.46. The molecule has 24 heavy (non-hydrogen) atoms. The Kier molecular flexibility index (Phi) is 5.27. The molecule has 2 nitrogen and oxygen atoms in total. The van der Waals surface area contributed by atoms with Crippen LogP contribution in [0, 0.1) is 5.92 Å². The van der Waals surface area contributed by atoms with Gasteiger partial charge in [0.05, 0.1) is 6.61 Å². The summed E-state index contributed by atoms with van der Waals surface area (Å²) in [6.45, 7) is 5.17. The van der Waals surface area contributed by atoms with Gasteiger partial charge in [-0.25, -0.2) is 0 Å². The minimum Gasteiger partial charge on any atom is -0.493 e. The van der Waals surface area contributed by atoms with Crippen LogP contribution in [-0.4, -0.2) is 11.6 Å². The summed E-state index contributed by atoms with van der Waals surface area (Å²) in [6.07, 6.45) is 8.98. The highest BCUT2D eigenvalue weighted by molar-refractivity contribution is 5.87. The summed E-state index contributed by atoms with van der Waals surface area (Å²) < 4.78 is 5.88. The first-order valence-corrected chi connectivity index (χ1v) is 8.49. The van der Waals surface area contributed by atoms with Gasteiger partial charge in [0.15, 0.2) is 0 Å². The standard InChI is InChI=1S/C22H23NO/c1-3-17(2)16-24-22-9-8-20-14-19(6-7-21(20)15-22)5-4-18-10-12-23-13-11-18/h4-15,17H,3,16H2,1-2H3/b5-4+/t17-/m0/s1. The van der Waals surface area contributed by atoms with E-state index in [2.05, 4.69) is 67.4 Å². The molecule has 0 radical (unpaired) electrons.